The van der Waals surface area contributed by atoms with Crippen molar-refractivity contribution in [2.75, 3.05) is 20.8 Å². The summed E-state index contributed by atoms with van der Waals surface area (Å²) in [6.45, 7) is 4.14. The molecule has 0 heterocycles. The van der Waals surface area contributed by atoms with E-state index in [-0.39, 0.29) is 0 Å². The number of nitrogens with one attached hydrogen (secondary N) is 2. The summed E-state index contributed by atoms with van der Waals surface area (Å²) in [5.74, 6) is 0.864. The van der Waals surface area contributed by atoms with Crippen molar-refractivity contribution in [3.8, 4) is 17.2 Å². The second-order valence-electron chi connectivity index (χ2n) is 5.40. The van der Waals surface area contributed by atoms with E-state index in [1.807, 2.05) is 0 Å². The van der Waals surface area contributed by atoms with Gasteiger partial charge in [0.1, 0.15) is 5.75 Å². The molecule has 0 aliphatic carbocycles. The summed E-state index contributed by atoms with van der Waals surface area (Å²) in [5.41, 5.74) is 3.82. The number of hydrogen-bond acceptors (Lipinski definition) is 6. The van der Waals surface area contributed by atoms with E-state index in [1.165, 1.54) is 7.11 Å². The van der Waals surface area contributed by atoms with Crippen molar-refractivity contribution in [2.24, 2.45) is 5.10 Å². The largest absolute Gasteiger partial charge is 0.497 e. The Hall–Kier alpha value is -3.39. The van der Waals surface area contributed by atoms with Crippen LogP contribution in [0.1, 0.15) is 15.9 Å². The lowest BCUT2D eigenvalue weighted by atomic mass is 10.2. The highest BCUT2D eigenvalue weighted by Crippen LogP contribution is 2.28. The van der Waals surface area contributed by atoms with Crippen LogP contribution in [0.5, 0.6) is 17.2 Å². The van der Waals surface area contributed by atoms with Gasteiger partial charge in [-0.1, -0.05) is 6.08 Å². The molecule has 0 atom stereocenters. The Morgan fingerprint density at radius 3 is 2.54 bits per heavy atom. The minimum absolute atomic E-state index is 0.302. The van der Waals surface area contributed by atoms with Crippen LogP contribution in [0.2, 0.25) is 0 Å². The van der Waals surface area contributed by atoms with Gasteiger partial charge in [-0.15, -0.1) is 6.58 Å². The number of thiocarbonyl (C=S) groups is 1. The van der Waals surface area contributed by atoms with Crippen molar-refractivity contribution in [3.05, 3.63) is 66.2 Å². The fourth-order valence-electron chi connectivity index (χ4n) is 2.10. The van der Waals surface area contributed by atoms with Gasteiger partial charge in [0.05, 0.1) is 26.0 Å². The predicted molar refractivity (Wildman–Crippen MR) is 112 cm³/mol. The zero-order valence-corrected chi connectivity index (χ0v) is 16.4. The van der Waals surface area contributed by atoms with E-state index in [0.29, 0.717) is 34.5 Å². The van der Waals surface area contributed by atoms with E-state index in [2.05, 4.69) is 22.4 Å². The molecule has 0 aromatic heterocycles. The Morgan fingerprint density at radius 2 is 1.89 bits per heavy atom. The highest BCUT2D eigenvalue weighted by Gasteiger charge is 2.13. The first-order valence-corrected chi connectivity index (χ1v) is 8.70. The number of carbonyl (C=O) groups is 1. The fourth-order valence-corrected chi connectivity index (χ4v) is 2.24. The van der Waals surface area contributed by atoms with Crippen molar-refractivity contribution in [1.82, 2.24) is 10.7 Å². The van der Waals surface area contributed by atoms with Crippen molar-refractivity contribution >= 4 is 29.5 Å². The third kappa shape index (κ3) is 6.10. The second kappa shape index (κ2) is 10.7. The summed E-state index contributed by atoms with van der Waals surface area (Å²) in [7, 11) is 3.05. The summed E-state index contributed by atoms with van der Waals surface area (Å²) in [6.07, 6.45) is 3.26. The summed E-state index contributed by atoms with van der Waals surface area (Å²) in [4.78, 5) is 12.3. The van der Waals surface area contributed by atoms with Gasteiger partial charge in [0.2, 0.25) is 0 Å². The zero-order chi connectivity index (χ0) is 20.4. The Morgan fingerprint density at radius 1 is 1.14 bits per heavy atom. The first-order chi connectivity index (χ1) is 13.6. The van der Waals surface area contributed by atoms with Crippen molar-refractivity contribution in [2.45, 2.75) is 0 Å². The van der Waals surface area contributed by atoms with Gasteiger partial charge in [-0.05, 0) is 60.2 Å². The Bertz CT molecular complexity index is 866. The smallest absolute Gasteiger partial charge is 0.343 e. The van der Waals surface area contributed by atoms with E-state index in [1.54, 1.807) is 61.9 Å². The normalized spacial score (nSPS) is 10.2. The molecular weight excluding hydrogens is 378 g/mol. The van der Waals surface area contributed by atoms with Crippen LogP contribution >= 0.6 is 12.2 Å². The molecule has 0 saturated carbocycles. The maximum atomic E-state index is 12.3. The van der Waals surface area contributed by atoms with Crippen LogP contribution in [-0.2, 0) is 0 Å². The maximum Gasteiger partial charge on any atom is 0.343 e. The van der Waals surface area contributed by atoms with Crippen molar-refractivity contribution < 1.29 is 19.0 Å². The standard InChI is InChI=1S/C20H21N3O4S/c1-4-11-21-20(28)23-22-13-14-5-10-17(18(12-14)26-3)27-19(24)15-6-8-16(25-2)9-7-15/h4-10,12-13H,1,11H2,2-3H3,(H2,21,23,28)/b22-13-. The molecule has 2 N–H and O–H groups in total. The maximum absolute atomic E-state index is 12.3. The molecule has 0 bridgehead atoms. The highest BCUT2D eigenvalue weighted by atomic mass is 32.1. The van der Waals surface area contributed by atoms with Crippen molar-refractivity contribution in [3.63, 3.8) is 0 Å². The molecule has 0 fully saturated rings. The minimum atomic E-state index is -0.498. The molecule has 8 heteroatoms. The van der Waals surface area contributed by atoms with E-state index in [4.69, 9.17) is 26.4 Å². The van der Waals surface area contributed by atoms with E-state index >= 15 is 0 Å². The molecule has 0 unspecified atom stereocenters. The lowest BCUT2D eigenvalue weighted by Gasteiger charge is -2.10. The fraction of sp³-hybridized carbons (Fsp3) is 0.150. The summed E-state index contributed by atoms with van der Waals surface area (Å²) in [5, 5.41) is 7.31. The number of methoxy groups -OCH3 is 2. The third-order valence-corrected chi connectivity index (χ3v) is 3.74. The molecule has 0 aliphatic rings. The zero-order valence-electron chi connectivity index (χ0n) is 15.6. The summed E-state index contributed by atoms with van der Waals surface area (Å²) < 4.78 is 15.8. The second-order valence-corrected chi connectivity index (χ2v) is 5.81. The van der Waals surface area contributed by atoms with Gasteiger partial charge in [-0.3, -0.25) is 5.43 Å². The molecule has 28 heavy (non-hydrogen) atoms. The van der Waals surface area contributed by atoms with Crippen LogP contribution in [0.4, 0.5) is 0 Å². The first kappa shape index (κ1) is 20.9. The average Bonchev–Trinajstić information content (AvgIpc) is 2.73. The SMILES string of the molecule is C=CCNC(=S)N/N=C\c1ccc(OC(=O)c2ccc(OC)cc2)c(OC)c1. The lowest BCUT2D eigenvalue weighted by Crippen LogP contribution is -2.31. The molecule has 0 radical (unpaired) electrons. The number of hydrogen-bond donors (Lipinski definition) is 2. The Labute approximate surface area is 169 Å². The van der Waals surface area contributed by atoms with Crippen LogP contribution in [-0.4, -0.2) is 38.1 Å². The van der Waals surface area contributed by atoms with Crippen LogP contribution in [0, 0.1) is 0 Å². The Kier molecular flexibility index (Phi) is 7.98. The molecule has 2 aromatic carbocycles. The van der Waals surface area contributed by atoms with Crippen LogP contribution < -0.4 is 25.0 Å². The molecule has 0 saturated heterocycles. The average molecular weight is 399 g/mol. The number of nitrogens with zero attached hydrogens (tertiary/aromatic N) is 1. The molecule has 0 aliphatic heterocycles. The van der Waals surface area contributed by atoms with Crippen molar-refractivity contribution in [1.29, 1.82) is 0 Å². The van der Waals surface area contributed by atoms with E-state index < -0.39 is 5.97 Å². The number of ether oxygens (including phenoxy) is 3. The molecule has 7 nitrogen and oxygen atoms in total. The molecule has 0 amide bonds. The number of benzene rings is 2. The molecule has 2 aromatic rings. The summed E-state index contributed by atoms with van der Waals surface area (Å²) >= 11 is 5.04. The topological polar surface area (TPSA) is 81.2 Å². The number of esters is 1. The quantitative estimate of drug-likeness (QED) is 0.176. The molecule has 2 rings (SSSR count). The van der Waals surface area contributed by atoms with Gasteiger partial charge in [0, 0.05) is 6.54 Å². The third-order valence-electron chi connectivity index (χ3n) is 3.50. The van der Waals surface area contributed by atoms with Gasteiger partial charge < -0.3 is 19.5 Å². The van der Waals surface area contributed by atoms with E-state index in [9.17, 15) is 4.79 Å². The number of carbonyl (C=O) groups excluding carboxylic acids is 1. The predicted octanol–water partition coefficient (Wildman–Crippen LogP) is 2.91. The van der Waals surface area contributed by atoms with E-state index in [0.717, 1.165) is 5.56 Å². The summed E-state index contributed by atoms with van der Waals surface area (Å²) in [6, 6.07) is 11.7. The first-order valence-electron chi connectivity index (χ1n) is 8.29. The highest BCUT2D eigenvalue weighted by molar-refractivity contribution is 7.80. The monoisotopic (exact) mass is 399 g/mol. The molecule has 146 valence electrons. The van der Waals surface area contributed by atoms with Gasteiger partial charge in [-0.2, -0.15) is 5.10 Å². The number of hydrazone groups is 1. The van der Waals surface area contributed by atoms with Gasteiger partial charge >= 0.3 is 5.97 Å². The van der Waals surface area contributed by atoms with Gasteiger partial charge in [0.15, 0.2) is 16.6 Å². The van der Waals surface area contributed by atoms with Crippen LogP contribution in [0.25, 0.3) is 0 Å². The van der Waals surface area contributed by atoms with Crippen LogP contribution in [0.15, 0.2) is 60.2 Å². The molecular formula is C20H21N3O4S. The minimum Gasteiger partial charge on any atom is -0.497 e. The van der Waals surface area contributed by atoms with Gasteiger partial charge in [0.25, 0.3) is 0 Å². The van der Waals surface area contributed by atoms with Crippen LogP contribution in [0.3, 0.4) is 0 Å². The molecule has 0 spiro atoms. The van der Waals surface area contributed by atoms with Gasteiger partial charge in [-0.25, -0.2) is 4.79 Å². The lowest BCUT2D eigenvalue weighted by molar-refractivity contribution is 0.0729. The Balaban J connectivity index is 2.04. The number of rotatable bonds is 8.